The van der Waals surface area contributed by atoms with Gasteiger partial charge in [-0.3, -0.25) is 4.79 Å². The van der Waals surface area contributed by atoms with Gasteiger partial charge in [0, 0.05) is 15.2 Å². The highest BCUT2D eigenvalue weighted by Crippen LogP contribution is 2.33. The van der Waals surface area contributed by atoms with Crippen molar-refractivity contribution in [3.8, 4) is 11.5 Å². The molecule has 140 valence electrons. The molecule has 4 aromatic rings. The number of halogens is 4. The lowest BCUT2D eigenvalue weighted by Crippen LogP contribution is -2.12. The van der Waals surface area contributed by atoms with Crippen LogP contribution in [-0.4, -0.2) is 10.9 Å². The van der Waals surface area contributed by atoms with Crippen molar-refractivity contribution >= 4 is 73.4 Å². The summed E-state index contributed by atoms with van der Waals surface area (Å²) in [4.78, 5) is 17.0. The molecule has 0 radical (unpaired) electrons. The van der Waals surface area contributed by atoms with E-state index in [0.717, 1.165) is 4.47 Å². The van der Waals surface area contributed by atoms with Crippen molar-refractivity contribution in [3.63, 3.8) is 0 Å². The zero-order chi connectivity index (χ0) is 19.8. The van der Waals surface area contributed by atoms with E-state index in [0.29, 0.717) is 48.9 Å². The van der Waals surface area contributed by atoms with Gasteiger partial charge >= 0.3 is 0 Å². The lowest BCUT2D eigenvalue weighted by molar-refractivity contribution is 0.102. The minimum absolute atomic E-state index is 0.327. The molecule has 0 fully saturated rings. The highest BCUT2D eigenvalue weighted by molar-refractivity contribution is 9.10. The molecule has 3 aromatic carbocycles. The summed E-state index contributed by atoms with van der Waals surface area (Å²) in [5.74, 6) is 0.0215. The number of amides is 1. The van der Waals surface area contributed by atoms with E-state index >= 15 is 0 Å². The van der Waals surface area contributed by atoms with E-state index in [4.69, 9.17) is 39.2 Å². The molecule has 1 amide bonds. The van der Waals surface area contributed by atoms with E-state index in [1.54, 1.807) is 54.6 Å². The van der Waals surface area contributed by atoms with E-state index in [1.807, 2.05) is 0 Å². The fourth-order valence-corrected chi connectivity index (χ4v) is 3.59. The van der Waals surface area contributed by atoms with Crippen molar-refractivity contribution in [2.24, 2.45) is 0 Å². The Morgan fingerprint density at radius 3 is 2.57 bits per heavy atom. The molecule has 0 unspecified atom stereocenters. The van der Waals surface area contributed by atoms with Crippen molar-refractivity contribution in [2.45, 2.75) is 0 Å². The lowest BCUT2D eigenvalue weighted by Gasteiger charge is -2.07. The number of carbonyl (C=O) groups excluding carboxylic acids is 1. The van der Waals surface area contributed by atoms with Crippen molar-refractivity contribution in [1.82, 2.24) is 4.98 Å². The predicted molar refractivity (Wildman–Crippen MR) is 117 cm³/mol. The van der Waals surface area contributed by atoms with Crippen LogP contribution in [0.15, 0.2) is 63.5 Å². The maximum atomic E-state index is 12.5. The Labute approximate surface area is 183 Å². The molecule has 4 rings (SSSR count). The number of benzene rings is 3. The van der Waals surface area contributed by atoms with Gasteiger partial charge in [0.05, 0.1) is 21.2 Å². The van der Waals surface area contributed by atoms with Crippen LogP contribution < -0.4 is 5.32 Å². The first-order chi connectivity index (χ1) is 13.4. The SMILES string of the molecule is O=C(Nc1ccc2oc(-c3cc(Cl)ccc3Cl)nc2c1)c1cc(Br)ccc1Cl. The number of rotatable bonds is 3. The number of fused-ring (bicyclic) bond motifs is 1. The Morgan fingerprint density at radius 1 is 0.964 bits per heavy atom. The summed E-state index contributed by atoms with van der Waals surface area (Å²) in [5, 5.41) is 4.19. The third kappa shape index (κ3) is 3.89. The topological polar surface area (TPSA) is 55.1 Å². The van der Waals surface area contributed by atoms with Gasteiger partial charge in [0.2, 0.25) is 5.89 Å². The molecular formula is C20H10BrCl3N2O2. The molecule has 4 nitrogen and oxygen atoms in total. The Kier molecular flexibility index (Phi) is 5.34. The van der Waals surface area contributed by atoms with Gasteiger partial charge in [0.1, 0.15) is 5.52 Å². The molecular weight excluding hydrogens is 486 g/mol. The van der Waals surface area contributed by atoms with E-state index in [-0.39, 0.29) is 5.91 Å². The molecule has 0 aliphatic carbocycles. The summed E-state index contributed by atoms with van der Waals surface area (Å²) in [6.45, 7) is 0. The summed E-state index contributed by atoms with van der Waals surface area (Å²) in [7, 11) is 0. The first-order valence-corrected chi connectivity index (χ1v) is 9.96. The van der Waals surface area contributed by atoms with Crippen LogP contribution in [0.1, 0.15) is 10.4 Å². The zero-order valence-corrected chi connectivity index (χ0v) is 17.8. The van der Waals surface area contributed by atoms with Crippen LogP contribution in [0.3, 0.4) is 0 Å². The lowest BCUT2D eigenvalue weighted by atomic mass is 10.2. The van der Waals surface area contributed by atoms with Gasteiger partial charge < -0.3 is 9.73 Å². The molecule has 0 bridgehead atoms. The standard InChI is InChI=1S/C20H10BrCl3N2O2/c21-10-1-4-15(23)13(7-10)19(27)25-12-3-6-18-17(9-12)26-20(28-18)14-8-11(22)2-5-16(14)24/h1-9H,(H,25,27). The largest absolute Gasteiger partial charge is 0.436 e. The zero-order valence-electron chi connectivity index (χ0n) is 14.0. The van der Waals surface area contributed by atoms with Crippen LogP contribution in [0.25, 0.3) is 22.6 Å². The molecule has 1 aromatic heterocycles. The third-order valence-electron chi connectivity index (χ3n) is 3.98. The number of hydrogen-bond acceptors (Lipinski definition) is 3. The number of oxazole rings is 1. The minimum Gasteiger partial charge on any atom is -0.436 e. The quantitative estimate of drug-likeness (QED) is 0.320. The number of hydrogen-bond donors (Lipinski definition) is 1. The van der Waals surface area contributed by atoms with Crippen LogP contribution >= 0.6 is 50.7 Å². The summed E-state index contributed by atoms with van der Waals surface area (Å²) in [6.07, 6.45) is 0. The van der Waals surface area contributed by atoms with Gasteiger partial charge in [-0.15, -0.1) is 0 Å². The van der Waals surface area contributed by atoms with Gasteiger partial charge in [0.25, 0.3) is 5.91 Å². The number of nitrogens with one attached hydrogen (secondary N) is 1. The number of aromatic nitrogens is 1. The summed E-state index contributed by atoms with van der Waals surface area (Å²) in [5.41, 5.74) is 2.65. The molecule has 0 saturated carbocycles. The van der Waals surface area contributed by atoms with Crippen molar-refractivity contribution < 1.29 is 9.21 Å². The monoisotopic (exact) mass is 494 g/mol. The van der Waals surface area contributed by atoms with Crippen LogP contribution in [0.2, 0.25) is 15.1 Å². The Bertz CT molecular complexity index is 1220. The first kappa shape index (κ1) is 19.3. The van der Waals surface area contributed by atoms with Gasteiger partial charge in [-0.25, -0.2) is 4.98 Å². The average Bonchev–Trinajstić information content (AvgIpc) is 3.08. The molecule has 0 aliphatic rings. The highest BCUT2D eigenvalue weighted by atomic mass is 79.9. The van der Waals surface area contributed by atoms with Gasteiger partial charge in [0.15, 0.2) is 5.58 Å². The molecule has 0 spiro atoms. The number of nitrogens with zero attached hydrogens (tertiary/aromatic N) is 1. The number of carbonyl (C=O) groups is 1. The summed E-state index contributed by atoms with van der Waals surface area (Å²) >= 11 is 21.7. The third-order valence-corrected chi connectivity index (χ3v) is 5.36. The van der Waals surface area contributed by atoms with Crippen LogP contribution in [-0.2, 0) is 0 Å². The van der Waals surface area contributed by atoms with Crippen molar-refractivity contribution in [3.05, 3.63) is 79.7 Å². The number of anilines is 1. The van der Waals surface area contributed by atoms with Crippen LogP contribution in [0, 0.1) is 0 Å². The molecule has 1 heterocycles. The maximum absolute atomic E-state index is 12.5. The van der Waals surface area contributed by atoms with Gasteiger partial charge in [-0.05, 0) is 54.6 Å². The van der Waals surface area contributed by atoms with E-state index in [1.165, 1.54) is 0 Å². The van der Waals surface area contributed by atoms with Crippen LogP contribution in [0.4, 0.5) is 5.69 Å². The van der Waals surface area contributed by atoms with E-state index in [9.17, 15) is 4.79 Å². The molecule has 0 saturated heterocycles. The molecule has 0 atom stereocenters. The van der Waals surface area contributed by atoms with Gasteiger partial charge in [-0.1, -0.05) is 50.7 Å². The normalized spacial score (nSPS) is 11.0. The molecule has 1 N–H and O–H groups in total. The maximum Gasteiger partial charge on any atom is 0.257 e. The van der Waals surface area contributed by atoms with Crippen molar-refractivity contribution in [1.29, 1.82) is 0 Å². The second-order valence-corrected chi connectivity index (χ2v) is 8.07. The average molecular weight is 497 g/mol. The molecule has 8 heteroatoms. The molecule has 0 aliphatic heterocycles. The summed E-state index contributed by atoms with van der Waals surface area (Å²) in [6, 6.07) is 15.3. The fraction of sp³-hybridized carbons (Fsp3) is 0. The highest BCUT2D eigenvalue weighted by Gasteiger charge is 2.15. The van der Waals surface area contributed by atoms with Gasteiger partial charge in [-0.2, -0.15) is 0 Å². The predicted octanol–water partition coefficient (Wildman–Crippen LogP) is 7.47. The Morgan fingerprint density at radius 2 is 1.75 bits per heavy atom. The smallest absolute Gasteiger partial charge is 0.257 e. The Balaban J connectivity index is 1.66. The summed E-state index contributed by atoms with van der Waals surface area (Å²) < 4.78 is 6.54. The Hall–Kier alpha value is -2.05. The molecule has 28 heavy (non-hydrogen) atoms. The second kappa shape index (κ2) is 7.76. The van der Waals surface area contributed by atoms with Crippen molar-refractivity contribution in [2.75, 3.05) is 5.32 Å². The fourth-order valence-electron chi connectivity index (χ4n) is 2.65. The minimum atomic E-state index is -0.327. The van der Waals surface area contributed by atoms with E-state index in [2.05, 4.69) is 26.2 Å². The van der Waals surface area contributed by atoms with E-state index < -0.39 is 0 Å². The van der Waals surface area contributed by atoms with Crippen LogP contribution in [0.5, 0.6) is 0 Å². The first-order valence-electron chi connectivity index (χ1n) is 8.03. The second-order valence-electron chi connectivity index (χ2n) is 5.90.